The van der Waals surface area contributed by atoms with Crippen molar-refractivity contribution in [2.24, 2.45) is 5.73 Å². The lowest BCUT2D eigenvalue weighted by Gasteiger charge is -2.11. The smallest absolute Gasteiger partial charge is 0.251 e. The van der Waals surface area contributed by atoms with Gasteiger partial charge in [0.15, 0.2) is 0 Å². The van der Waals surface area contributed by atoms with Crippen LogP contribution >= 0.6 is 0 Å². The number of hydrogen-bond donors (Lipinski definition) is 1. The Balaban J connectivity index is 2.27. The summed E-state index contributed by atoms with van der Waals surface area (Å²) in [6, 6.07) is 11.6. The lowest BCUT2D eigenvalue weighted by molar-refractivity contribution is 0.0996. The van der Waals surface area contributed by atoms with Gasteiger partial charge in [0.25, 0.3) is 5.91 Å². The van der Waals surface area contributed by atoms with Gasteiger partial charge in [-0.15, -0.1) is 0 Å². The van der Waals surface area contributed by atoms with Crippen LogP contribution in [0.4, 0.5) is 4.39 Å². The third-order valence-corrected chi connectivity index (χ3v) is 3.50. The van der Waals surface area contributed by atoms with Crippen molar-refractivity contribution < 1.29 is 13.9 Å². The minimum Gasteiger partial charge on any atom is -0.494 e. The molecule has 2 aromatic carbocycles. The minimum absolute atomic E-state index is 0.134. The van der Waals surface area contributed by atoms with E-state index in [0.29, 0.717) is 16.8 Å². The summed E-state index contributed by atoms with van der Waals surface area (Å²) in [5.41, 5.74) is 7.29. The average molecular weight is 296 g/mol. The molecule has 0 bridgehead atoms. The van der Waals surface area contributed by atoms with Crippen molar-refractivity contribution in [3.05, 3.63) is 60.0 Å². The Kier molecular flexibility index (Phi) is 3.47. The molecule has 0 atom stereocenters. The molecule has 0 aliphatic heterocycles. The fourth-order valence-corrected chi connectivity index (χ4v) is 2.44. The van der Waals surface area contributed by atoms with Gasteiger partial charge in [0.1, 0.15) is 17.1 Å². The SMILES string of the molecule is COc1ccc(-c2ccc(F)c(C(N)=O)c2)c2cccnc12. The highest BCUT2D eigenvalue weighted by Gasteiger charge is 2.13. The van der Waals surface area contributed by atoms with Crippen molar-refractivity contribution >= 4 is 16.8 Å². The van der Waals surface area contributed by atoms with Gasteiger partial charge in [-0.25, -0.2) is 4.39 Å². The second-order valence-electron chi connectivity index (χ2n) is 4.77. The number of rotatable bonds is 3. The molecule has 0 fully saturated rings. The summed E-state index contributed by atoms with van der Waals surface area (Å²) in [6.45, 7) is 0. The molecule has 0 unspecified atom stereocenters. The van der Waals surface area contributed by atoms with Crippen molar-refractivity contribution in [2.75, 3.05) is 7.11 Å². The van der Waals surface area contributed by atoms with Crippen LogP contribution in [-0.4, -0.2) is 18.0 Å². The summed E-state index contributed by atoms with van der Waals surface area (Å²) < 4.78 is 18.9. The Morgan fingerprint density at radius 3 is 2.77 bits per heavy atom. The van der Waals surface area contributed by atoms with Crippen molar-refractivity contribution in [1.82, 2.24) is 4.98 Å². The highest BCUT2D eigenvalue weighted by atomic mass is 19.1. The van der Waals surface area contributed by atoms with E-state index in [9.17, 15) is 9.18 Å². The second kappa shape index (κ2) is 5.44. The zero-order valence-corrected chi connectivity index (χ0v) is 11.8. The molecule has 0 spiro atoms. The van der Waals surface area contributed by atoms with Crippen LogP contribution in [0.15, 0.2) is 48.7 Å². The van der Waals surface area contributed by atoms with Gasteiger partial charge in [-0.1, -0.05) is 12.1 Å². The third kappa shape index (κ3) is 2.26. The molecule has 3 aromatic rings. The van der Waals surface area contributed by atoms with Crippen molar-refractivity contribution in [3.63, 3.8) is 0 Å². The van der Waals surface area contributed by atoms with E-state index >= 15 is 0 Å². The highest BCUT2D eigenvalue weighted by molar-refractivity contribution is 6.00. The lowest BCUT2D eigenvalue weighted by Crippen LogP contribution is -2.13. The van der Waals surface area contributed by atoms with E-state index in [1.54, 1.807) is 25.4 Å². The third-order valence-electron chi connectivity index (χ3n) is 3.50. The maximum Gasteiger partial charge on any atom is 0.251 e. The van der Waals surface area contributed by atoms with Gasteiger partial charge in [0.05, 0.1) is 12.7 Å². The fourth-order valence-electron chi connectivity index (χ4n) is 2.44. The van der Waals surface area contributed by atoms with Crippen LogP contribution < -0.4 is 10.5 Å². The first-order chi connectivity index (χ1) is 10.6. The predicted molar refractivity (Wildman–Crippen MR) is 82.2 cm³/mol. The molecule has 4 nitrogen and oxygen atoms in total. The van der Waals surface area contributed by atoms with Gasteiger partial charge < -0.3 is 10.5 Å². The topological polar surface area (TPSA) is 65.2 Å². The molecule has 0 aliphatic rings. The van der Waals surface area contributed by atoms with E-state index in [-0.39, 0.29) is 5.56 Å². The van der Waals surface area contributed by atoms with Crippen LogP contribution in [0.2, 0.25) is 0 Å². The highest BCUT2D eigenvalue weighted by Crippen LogP contribution is 2.33. The lowest BCUT2D eigenvalue weighted by atomic mass is 9.98. The Hall–Kier alpha value is -2.95. The van der Waals surface area contributed by atoms with Gasteiger partial charge in [0.2, 0.25) is 0 Å². The molecule has 0 saturated heterocycles. The predicted octanol–water partition coefficient (Wildman–Crippen LogP) is 3.15. The summed E-state index contributed by atoms with van der Waals surface area (Å²) in [4.78, 5) is 15.6. The number of hydrogen-bond acceptors (Lipinski definition) is 3. The number of primary amides is 1. The number of fused-ring (bicyclic) bond motifs is 1. The van der Waals surface area contributed by atoms with Crippen LogP contribution in [0, 0.1) is 5.82 Å². The van der Waals surface area contributed by atoms with E-state index in [1.165, 1.54) is 12.1 Å². The number of ether oxygens (including phenoxy) is 1. The van der Waals surface area contributed by atoms with Crippen LogP contribution in [-0.2, 0) is 0 Å². The molecule has 0 radical (unpaired) electrons. The monoisotopic (exact) mass is 296 g/mol. The molecule has 2 N–H and O–H groups in total. The number of carbonyl (C=O) groups excluding carboxylic acids is 1. The summed E-state index contributed by atoms with van der Waals surface area (Å²) in [6.07, 6.45) is 1.67. The van der Waals surface area contributed by atoms with Crippen LogP contribution in [0.25, 0.3) is 22.0 Å². The molecule has 22 heavy (non-hydrogen) atoms. The van der Waals surface area contributed by atoms with Crippen molar-refractivity contribution in [1.29, 1.82) is 0 Å². The van der Waals surface area contributed by atoms with Crippen molar-refractivity contribution in [3.8, 4) is 16.9 Å². The number of benzene rings is 2. The van der Waals surface area contributed by atoms with Gasteiger partial charge in [0, 0.05) is 11.6 Å². The zero-order valence-electron chi connectivity index (χ0n) is 11.8. The van der Waals surface area contributed by atoms with Gasteiger partial charge >= 0.3 is 0 Å². The fraction of sp³-hybridized carbons (Fsp3) is 0.0588. The van der Waals surface area contributed by atoms with Crippen LogP contribution in [0.1, 0.15) is 10.4 Å². The first-order valence-corrected chi connectivity index (χ1v) is 6.63. The standard InChI is InChI=1S/C17H13FN2O2/c1-22-15-7-5-11(12-3-2-8-20-16(12)15)10-4-6-14(18)13(9-10)17(19)21/h2-9H,1H3,(H2,19,21). The Morgan fingerprint density at radius 2 is 2.05 bits per heavy atom. The zero-order chi connectivity index (χ0) is 15.7. The maximum absolute atomic E-state index is 13.6. The summed E-state index contributed by atoms with van der Waals surface area (Å²) in [5.74, 6) is -0.779. The number of nitrogens with two attached hydrogens (primary N) is 1. The average Bonchev–Trinajstić information content (AvgIpc) is 2.54. The Bertz CT molecular complexity index is 878. The molecule has 0 saturated carbocycles. The molecule has 1 aromatic heterocycles. The number of carbonyl (C=O) groups is 1. The van der Waals surface area contributed by atoms with E-state index in [1.807, 2.05) is 18.2 Å². The number of amides is 1. The van der Waals surface area contributed by atoms with Crippen LogP contribution in [0.5, 0.6) is 5.75 Å². The summed E-state index contributed by atoms with van der Waals surface area (Å²) in [7, 11) is 1.58. The van der Waals surface area contributed by atoms with Gasteiger partial charge in [-0.3, -0.25) is 9.78 Å². The Labute approximate surface area is 126 Å². The largest absolute Gasteiger partial charge is 0.494 e. The number of halogens is 1. The molecule has 0 aliphatic carbocycles. The molecular weight excluding hydrogens is 283 g/mol. The normalized spacial score (nSPS) is 10.6. The first-order valence-electron chi connectivity index (χ1n) is 6.63. The van der Waals surface area contributed by atoms with E-state index < -0.39 is 11.7 Å². The molecule has 3 rings (SSSR count). The van der Waals surface area contributed by atoms with Crippen molar-refractivity contribution in [2.45, 2.75) is 0 Å². The summed E-state index contributed by atoms with van der Waals surface area (Å²) >= 11 is 0. The molecule has 5 heteroatoms. The Morgan fingerprint density at radius 1 is 1.23 bits per heavy atom. The molecule has 110 valence electrons. The quantitative estimate of drug-likeness (QED) is 0.807. The minimum atomic E-state index is -0.796. The number of aromatic nitrogens is 1. The maximum atomic E-state index is 13.6. The van der Waals surface area contributed by atoms with E-state index in [0.717, 1.165) is 10.9 Å². The number of pyridine rings is 1. The van der Waals surface area contributed by atoms with Gasteiger partial charge in [-0.05, 0) is 41.5 Å². The number of methoxy groups -OCH3 is 1. The first kappa shape index (κ1) is 14.0. The number of nitrogens with zero attached hydrogens (tertiary/aromatic N) is 1. The van der Waals surface area contributed by atoms with E-state index in [4.69, 9.17) is 10.5 Å². The van der Waals surface area contributed by atoms with Gasteiger partial charge in [-0.2, -0.15) is 0 Å². The molecular formula is C17H13FN2O2. The summed E-state index contributed by atoms with van der Waals surface area (Å²) in [5, 5.41) is 0.851. The molecule has 1 amide bonds. The second-order valence-corrected chi connectivity index (χ2v) is 4.77. The van der Waals surface area contributed by atoms with E-state index in [2.05, 4.69) is 4.98 Å². The van der Waals surface area contributed by atoms with Crippen LogP contribution in [0.3, 0.4) is 0 Å². The molecule has 1 heterocycles.